The third kappa shape index (κ3) is 3.06. The quantitative estimate of drug-likeness (QED) is 0.790. The van der Waals surface area contributed by atoms with Crippen LogP contribution in [0.3, 0.4) is 0 Å². The molecule has 0 atom stereocenters. The Morgan fingerprint density at radius 3 is 2.28 bits per heavy atom. The zero-order valence-electron chi connectivity index (χ0n) is 14.8. The van der Waals surface area contributed by atoms with Crippen LogP contribution in [0.25, 0.3) is 0 Å². The highest BCUT2D eigenvalue weighted by Gasteiger charge is 2.46. The van der Waals surface area contributed by atoms with Gasteiger partial charge in [0.05, 0.1) is 0 Å². The average Bonchev–Trinajstić information content (AvgIpc) is 2.95. The van der Waals surface area contributed by atoms with Gasteiger partial charge in [-0.1, -0.05) is 6.07 Å². The van der Waals surface area contributed by atoms with E-state index in [4.69, 9.17) is 0 Å². The van der Waals surface area contributed by atoms with Crippen LogP contribution in [0.1, 0.15) is 54.4 Å². The van der Waals surface area contributed by atoms with Crippen LogP contribution in [0.4, 0.5) is 10.5 Å². The van der Waals surface area contributed by atoms with Gasteiger partial charge in [0, 0.05) is 17.0 Å². The van der Waals surface area contributed by atoms with Gasteiger partial charge in [0.1, 0.15) is 0 Å². The normalized spacial score (nSPS) is 22.9. The Morgan fingerprint density at radius 1 is 1.04 bits per heavy atom. The summed E-state index contributed by atoms with van der Waals surface area (Å²) in [6.07, 6.45) is 10.8. The molecule has 134 valence electrons. The Balaban J connectivity index is 1.26. The molecular formula is C20H27N3OS. The van der Waals surface area contributed by atoms with Crippen molar-refractivity contribution in [2.45, 2.75) is 62.5 Å². The molecule has 2 N–H and O–H groups in total. The molecule has 0 bridgehead atoms. The maximum atomic E-state index is 12.6. The molecule has 4 aliphatic rings. The molecule has 3 aliphatic carbocycles. The van der Waals surface area contributed by atoms with Gasteiger partial charge in [-0.3, -0.25) is 4.72 Å². The van der Waals surface area contributed by atoms with Crippen molar-refractivity contribution in [3.63, 3.8) is 0 Å². The van der Waals surface area contributed by atoms with Crippen LogP contribution >= 0.6 is 11.9 Å². The predicted octanol–water partition coefficient (Wildman–Crippen LogP) is 3.67. The number of fused-ring (bicyclic) bond motifs is 2. The summed E-state index contributed by atoms with van der Waals surface area (Å²) in [6, 6.07) is 2.38. The van der Waals surface area contributed by atoms with E-state index < -0.39 is 0 Å². The molecular weight excluding hydrogens is 330 g/mol. The molecule has 2 amide bonds. The number of anilines is 1. The first kappa shape index (κ1) is 16.0. The Bertz CT molecular complexity index is 677. The number of aryl methyl sites for hydroxylation is 2. The molecule has 1 aliphatic heterocycles. The summed E-state index contributed by atoms with van der Waals surface area (Å²) in [7, 11) is 0. The summed E-state index contributed by atoms with van der Waals surface area (Å²) in [5.41, 5.74) is 6.90. The largest absolute Gasteiger partial charge is 0.329 e. The molecule has 2 fully saturated rings. The number of hydrogen-bond donors (Lipinski definition) is 2. The molecule has 25 heavy (non-hydrogen) atoms. The van der Waals surface area contributed by atoms with Crippen LogP contribution in [0.5, 0.6) is 0 Å². The lowest BCUT2D eigenvalue weighted by molar-refractivity contribution is 0.179. The molecule has 4 nitrogen and oxygen atoms in total. The molecule has 1 aromatic carbocycles. The Morgan fingerprint density at radius 2 is 1.72 bits per heavy atom. The minimum Gasteiger partial charge on any atom is -0.307 e. The van der Waals surface area contributed by atoms with Crippen LogP contribution in [0.2, 0.25) is 0 Å². The van der Waals surface area contributed by atoms with E-state index in [-0.39, 0.29) is 10.8 Å². The van der Waals surface area contributed by atoms with Crippen molar-refractivity contribution in [2.24, 2.45) is 0 Å². The first-order valence-corrected chi connectivity index (χ1v) is 10.7. The van der Waals surface area contributed by atoms with Gasteiger partial charge < -0.3 is 10.2 Å². The topological polar surface area (TPSA) is 44.4 Å². The lowest BCUT2D eigenvalue weighted by Crippen LogP contribution is -2.43. The van der Waals surface area contributed by atoms with E-state index >= 15 is 0 Å². The number of nitrogens with one attached hydrogen (secondary N) is 2. The molecule has 1 saturated carbocycles. The zero-order chi connectivity index (χ0) is 16.9. The van der Waals surface area contributed by atoms with E-state index in [1.807, 2.05) is 0 Å². The number of hydrogen-bond acceptors (Lipinski definition) is 3. The van der Waals surface area contributed by atoms with Crippen molar-refractivity contribution < 1.29 is 4.79 Å². The van der Waals surface area contributed by atoms with Gasteiger partial charge in [0.25, 0.3) is 0 Å². The Hall–Kier alpha value is -1.20. The van der Waals surface area contributed by atoms with E-state index in [1.165, 1.54) is 80.3 Å². The summed E-state index contributed by atoms with van der Waals surface area (Å²) in [4.78, 5) is 15.1. The Kier molecular flexibility index (Phi) is 3.97. The number of carbonyl (C=O) groups is 1. The summed E-state index contributed by atoms with van der Waals surface area (Å²) in [6.45, 7) is 3.60. The summed E-state index contributed by atoms with van der Waals surface area (Å²) >= 11 is 1.66. The fourth-order valence-electron chi connectivity index (χ4n) is 4.64. The summed E-state index contributed by atoms with van der Waals surface area (Å²) in [5.74, 6) is 0. The van der Waals surface area contributed by atoms with Crippen molar-refractivity contribution in [3.05, 3.63) is 28.3 Å². The van der Waals surface area contributed by atoms with Crippen LogP contribution in [0, 0.1) is 0 Å². The molecule has 1 heterocycles. The summed E-state index contributed by atoms with van der Waals surface area (Å²) < 4.78 is 3.39. The van der Waals surface area contributed by atoms with Gasteiger partial charge in [-0.2, -0.15) is 0 Å². The Labute approximate surface area is 154 Å². The average molecular weight is 358 g/mol. The minimum absolute atomic E-state index is 0.0331. The SMILES string of the molecule is O=C(NSC1(CN2CCC2)CC1)Nc1c2c(cc3c1CCC3)CCC2. The van der Waals surface area contributed by atoms with E-state index in [0.717, 1.165) is 25.1 Å². The van der Waals surface area contributed by atoms with Crippen LogP contribution < -0.4 is 10.0 Å². The molecule has 5 rings (SSSR count). The second-order valence-corrected chi connectivity index (χ2v) is 9.48. The van der Waals surface area contributed by atoms with Gasteiger partial charge in [-0.15, -0.1) is 0 Å². The molecule has 1 aromatic rings. The molecule has 1 saturated heterocycles. The van der Waals surface area contributed by atoms with Crippen molar-refractivity contribution >= 4 is 23.7 Å². The standard InChI is InChI=1S/C20H27N3OS/c24-19(22-25-20(8-9-20)13-23-10-3-11-23)21-18-16-6-1-4-14(16)12-15-5-2-7-17(15)18/h12H,1-11,13H2,(H2,21,22,24). The smallest absolute Gasteiger partial charge is 0.307 e. The van der Waals surface area contributed by atoms with Crippen molar-refractivity contribution in [1.82, 2.24) is 9.62 Å². The van der Waals surface area contributed by atoms with Crippen molar-refractivity contribution in [1.29, 1.82) is 0 Å². The number of rotatable bonds is 5. The lowest BCUT2D eigenvalue weighted by atomic mass is 9.99. The van der Waals surface area contributed by atoms with E-state index in [2.05, 4.69) is 21.0 Å². The highest BCUT2D eigenvalue weighted by molar-refractivity contribution is 7.99. The maximum Gasteiger partial charge on any atom is 0.329 e. The zero-order valence-corrected chi connectivity index (χ0v) is 15.6. The number of benzene rings is 1. The van der Waals surface area contributed by atoms with Crippen molar-refractivity contribution in [3.8, 4) is 0 Å². The number of nitrogens with zero attached hydrogens (tertiary/aromatic N) is 1. The lowest BCUT2D eigenvalue weighted by Gasteiger charge is -2.33. The number of carbonyl (C=O) groups excluding carboxylic acids is 1. The van der Waals surface area contributed by atoms with Gasteiger partial charge >= 0.3 is 6.03 Å². The highest BCUT2D eigenvalue weighted by atomic mass is 32.2. The monoisotopic (exact) mass is 357 g/mol. The summed E-state index contributed by atoms with van der Waals surface area (Å²) in [5, 5.41) is 3.24. The van der Waals surface area contributed by atoms with Gasteiger partial charge in [-0.05, 0) is 105 Å². The van der Waals surface area contributed by atoms with Gasteiger partial charge in [0.15, 0.2) is 0 Å². The van der Waals surface area contributed by atoms with E-state index in [0.29, 0.717) is 0 Å². The van der Waals surface area contributed by atoms with Crippen LogP contribution in [0.15, 0.2) is 6.07 Å². The molecule has 5 heteroatoms. The van der Waals surface area contributed by atoms with Gasteiger partial charge in [0.2, 0.25) is 0 Å². The second kappa shape index (κ2) is 6.20. The minimum atomic E-state index is -0.0331. The first-order chi connectivity index (χ1) is 12.2. The molecule has 0 aromatic heterocycles. The highest BCUT2D eigenvalue weighted by Crippen LogP contribution is 2.48. The van der Waals surface area contributed by atoms with E-state index in [9.17, 15) is 4.79 Å². The first-order valence-electron chi connectivity index (χ1n) is 9.86. The number of amides is 2. The third-order valence-electron chi connectivity index (χ3n) is 6.34. The van der Waals surface area contributed by atoms with Crippen molar-refractivity contribution in [2.75, 3.05) is 25.0 Å². The van der Waals surface area contributed by atoms with E-state index in [1.54, 1.807) is 11.9 Å². The maximum absolute atomic E-state index is 12.6. The van der Waals surface area contributed by atoms with Crippen LogP contribution in [-0.4, -0.2) is 35.3 Å². The molecule has 0 radical (unpaired) electrons. The van der Waals surface area contributed by atoms with Gasteiger partial charge in [-0.25, -0.2) is 4.79 Å². The second-order valence-electron chi connectivity index (χ2n) is 8.20. The predicted molar refractivity (Wildman–Crippen MR) is 103 cm³/mol. The number of likely N-dealkylation sites (tertiary alicyclic amines) is 1. The van der Waals surface area contributed by atoms with Crippen LogP contribution in [-0.2, 0) is 25.7 Å². The third-order valence-corrected chi connectivity index (χ3v) is 7.60. The molecule has 0 unspecified atom stereocenters. The number of urea groups is 1. The molecule has 0 spiro atoms. The fourth-order valence-corrected chi connectivity index (χ4v) is 5.55. The fraction of sp³-hybridized carbons (Fsp3) is 0.650.